The van der Waals surface area contributed by atoms with Crippen LogP contribution in [0.2, 0.25) is 0 Å². The smallest absolute Gasteiger partial charge is 0.0596 e. The highest BCUT2D eigenvalue weighted by Crippen LogP contribution is 2.06. The van der Waals surface area contributed by atoms with E-state index in [0.29, 0.717) is 0 Å². The standard InChI is InChI=1S/C10H18N2/c1-8(2)5-6-12-10(4)7-9(3)11-12/h7-8H,5-6H2,1-4H3. The Labute approximate surface area is 74.6 Å². The third-order valence-electron chi connectivity index (χ3n) is 2.02. The molecule has 2 heteroatoms. The van der Waals surface area contributed by atoms with Crippen LogP contribution in [0.3, 0.4) is 0 Å². The van der Waals surface area contributed by atoms with Crippen LogP contribution in [0.15, 0.2) is 6.07 Å². The molecule has 0 fully saturated rings. The van der Waals surface area contributed by atoms with Gasteiger partial charge in [-0.25, -0.2) is 0 Å². The van der Waals surface area contributed by atoms with Crippen LogP contribution in [-0.2, 0) is 6.54 Å². The van der Waals surface area contributed by atoms with Gasteiger partial charge in [-0.1, -0.05) is 13.8 Å². The summed E-state index contributed by atoms with van der Waals surface area (Å²) < 4.78 is 2.09. The lowest BCUT2D eigenvalue weighted by atomic mass is 10.1. The first kappa shape index (κ1) is 9.30. The number of aromatic nitrogens is 2. The van der Waals surface area contributed by atoms with Crippen molar-refractivity contribution >= 4 is 0 Å². The highest BCUT2D eigenvalue weighted by atomic mass is 15.3. The third kappa shape index (κ3) is 2.36. The zero-order valence-corrected chi connectivity index (χ0v) is 8.46. The van der Waals surface area contributed by atoms with E-state index in [1.54, 1.807) is 0 Å². The Balaban J connectivity index is 2.57. The van der Waals surface area contributed by atoms with Gasteiger partial charge in [0.25, 0.3) is 0 Å². The molecule has 0 saturated heterocycles. The van der Waals surface area contributed by atoms with E-state index in [1.807, 2.05) is 6.92 Å². The molecule has 0 amide bonds. The predicted octanol–water partition coefficient (Wildman–Crippen LogP) is 2.55. The second-order valence-corrected chi connectivity index (χ2v) is 3.83. The molecule has 0 atom stereocenters. The van der Waals surface area contributed by atoms with Gasteiger partial charge >= 0.3 is 0 Å². The zero-order valence-electron chi connectivity index (χ0n) is 8.46. The van der Waals surface area contributed by atoms with Gasteiger partial charge in [-0.05, 0) is 32.3 Å². The molecule has 0 aliphatic heterocycles. The van der Waals surface area contributed by atoms with Crippen molar-refractivity contribution in [2.24, 2.45) is 5.92 Å². The highest BCUT2D eigenvalue weighted by Gasteiger charge is 2.01. The molecule has 1 aromatic heterocycles. The normalized spacial score (nSPS) is 11.1. The quantitative estimate of drug-likeness (QED) is 0.674. The van der Waals surface area contributed by atoms with Crippen molar-refractivity contribution in [2.75, 3.05) is 0 Å². The highest BCUT2D eigenvalue weighted by molar-refractivity contribution is 5.06. The summed E-state index contributed by atoms with van der Waals surface area (Å²) in [6.07, 6.45) is 1.21. The summed E-state index contributed by atoms with van der Waals surface area (Å²) in [5, 5.41) is 4.40. The monoisotopic (exact) mass is 166 g/mol. The van der Waals surface area contributed by atoms with E-state index in [1.165, 1.54) is 12.1 Å². The summed E-state index contributed by atoms with van der Waals surface area (Å²) >= 11 is 0. The lowest BCUT2D eigenvalue weighted by molar-refractivity contribution is 0.479. The SMILES string of the molecule is Cc1cc(C)n(CCC(C)C)n1. The first-order valence-electron chi connectivity index (χ1n) is 4.60. The molecular formula is C10H18N2. The molecule has 1 aromatic rings. The van der Waals surface area contributed by atoms with Crippen molar-refractivity contribution in [1.82, 2.24) is 9.78 Å². The number of rotatable bonds is 3. The molecule has 68 valence electrons. The molecule has 0 saturated carbocycles. The molecule has 12 heavy (non-hydrogen) atoms. The predicted molar refractivity (Wildman–Crippen MR) is 51.2 cm³/mol. The largest absolute Gasteiger partial charge is 0.270 e. The van der Waals surface area contributed by atoms with Crippen LogP contribution in [0.25, 0.3) is 0 Å². The summed E-state index contributed by atoms with van der Waals surface area (Å²) in [7, 11) is 0. The molecule has 0 spiro atoms. The Morgan fingerprint density at radius 3 is 2.50 bits per heavy atom. The average Bonchev–Trinajstić information content (AvgIpc) is 2.26. The molecule has 0 aromatic carbocycles. The number of hydrogen-bond donors (Lipinski definition) is 0. The van der Waals surface area contributed by atoms with Crippen LogP contribution in [0.5, 0.6) is 0 Å². The van der Waals surface area contributed by atoms with Gasteiger partial charge in [0, 0.05) is 12.2 Å². The number of hydrogen-bond acceptors (Lipinski definition) is 1. The average molecular weight is 166 g/mol. The van der Waals surface area contributed by atoms with Gasteiger partial charge < -0.3 is 0 Å². The molecule has 1 heterocycles. The summed E-state index contributed by atoms with van der Waals surface area (Å²) in [5.41, 5.74) is 2.39. The molecule has 0 unspecified atom stereocenters. The minimum Gasteiger partial charge on any atom is -0.270 e. The van der Waals surface area contributed by atoms with Crippen LogP contribution >= 0.6 is 0 Å². The first-order chi connectivity index (χ1) is 5.59. The fourth-order valence-corrected chi connectivity index (χ4v) is 1.28. The fraction of sp³-hybridized carbons (Fsp3) is 0.700. The molecule has 0 aliphatic rings. The molecular weight excluding hydrogens is 148 g/mol. The Hall–Kier alpha value is -0.790. The van der Waals surface area contributed by atoms with E-state index in [2.05, 4.69) is 36.6 Å². The van der Waals surface area contributed by atoms with Crippen molar-refractivity contribution in [1.29, 1.82) is 0 Å². The Morgan fingerprint density at radius 1 is 1.42 bits per heavy atom. The van der Waals surface area contributed by atoms with Gasteiger partial charge in [0.15, 0.2) is 0 Å². The van der Waals surface area contributed by atoms with Crippen LogP contribution in [0.1, 0.15) is 31.7 Å². The van der Waals surface area contributed by atoms with E-state index in [0.717, 1.165) is 18.2 Å². The molecule has 2 nitrogen and oxygen atoms in total. The Bertz CT molecular complexity index is 248. The summed E-state index contributed by atoms with van der Waals surface area (Å²) in [6, 6.07) is 2.13. The van der Waals surface area contributed by atoms with Gasteiger partial charge in [-0.15, -0.1) is 0 Å². The maximum absolute atomic E-state index is 4.40. The summed E-state index contributed by atoms with van der Waals surface area (Å²) in [6.45, 7) is 9.69. The van der Waals surface area contributed by atoms with E-state index in [9.17, 15) is 0 Å². The molecule has 1 rings (SSSR count). The maximum atomic E-state index is 4.40. The van der Waals surface area contributed by atoms with Crippen LogP contribution in [0.4, 0.5) is 0 Å². The van der Waals surface area contributed by atoms with Gasteiger partial charge in [-0.3, -0.25) is 4.68 Å². The third-order valence-corrected chi connectivity index (χ3v) is 2.02. The maximum Gasteiger partial charge on any atom is 0.0596 e. The topological polar surface area (TPSA) is 17.8 Å². The van der Waals surface area contributed by atoms with Gasteiger partial charge in [0.2, 0.25) is 0 Å². The first-order valence-corrected chi connectivity index (χ1v) is 4.60. The molecule has 0 radical (unpaired) electrons. The minimum absolute atomic E-state index is 0.758. The van der Waals surface area contributed by atoms with Crippen LogP contribution < -0.4 is 0 Å². The van der Waals surface area contributed by atoms with E-state index in [-0.39, 0.29) is 0 Å². The fourth-order valence-electron chi connectivity index (χ4n) is 1.28. The number of nitrogens with zero attached hydrogens (tertiary/aromatic N) is 2. The molecule has 0 N–H and O–H groups in total. The molecule has 0 aliphatic carbocycles. The van der Waals surface area contributed by atoms with Crippen molar-refractivity contribution < 1.29 is 0 Å². The Morgan fingerprint density at radius 2 is 2.08 bits per heavy atom. The summed E-state index contributed by atoms with van der Waals surface area (Å²) in [4.78, 5) is 0. The van der Waals surface area contributed by atoms with Crippen molar-refractivity contribution in [3.05, 3.63) is 17.5 Å². The van der Waals surface area contributed by atoms with Crippen molar-refractivity contribution in [3.8, 4) is 0 Å². The second-order valence-electron chi connectivity index (χ2n) is 3.83. The Kier molecular flexibility index (Phi) is 2.90. The lowest BCUT2D eigenvalue weighted by Gasteiger charge is -2.06. The number of aryl methyl sites for hydroxylation is 3. The second kappa shape index (κ2) is 3.74. The van der Waals surface area contributed by atoms with Crippen molar-refractivity contribution in [3.63, 3.8) is 0 Å². The van der Waals surface area contributed by atoms with E-state index in [4.69, 9.17) is 0 Å². The minimum atomic E-state index is 0.758. The van der Waals surface area contributed by atoms with Gasteiger partial charge in [0.05, 0.1) is 5.69 Å². The zero-order chi connectivity index (χ0) is 9.14. The van der Waals surface area contributed by atoms with Gasteiger partial charge in [-0.2, -0.15) is 5.10 Å². The van der Waals surface area contributed by atoms with E-state index < -0.39 is 0 Å². The van der Waals surface area contributed by atoms with Crippen LogP contribution in [0, 0.1) is 19.8 Å². The van der Waals surface area contributed by atoms with Crippen LogP contribution in [-0.4, -0.2) is 9.78 Å². The molecule has 0 bridgehead atoms. The van der Waals surface area contributed by atoms with Gasteiger partial charge in [0.1, 0.15) is 0 Å². The van der Waals surface area contributed by atoms with Crippen molar-refractivity contribution in [2.45, 2.75) is 40.7 Å². The van der Waals surface area contributed by atoms with E-state index >= 15 is 0 Å². The lowest BCUT2D eigenvalue weighted by Crippen LogP contribution is -2.04. The summed E-state index contributed by atoms with van der Waals surface area (Å²) in [5.74, 6) is 0.758.